The Bertz CT molecular complexity index is 1620. The van der Waals surface area contributed by atoms with Gasteiger partial charge in [-0.15, -0.1) is 0 Å². The summed E-state index contributed by atoms with van der Waals surface area (Å²) in [5.41, 5.74) is 7.25. The molecule has 0 spiro atoms. The molecule has 196 valence electrons. The standard InChI is InChI=1S/C32H35N3O2S/c1-32(2,22-33-3)28-19-26-11-8-16-34-31(26)30(20-28)25-10-7-9-23(17-25)18-27(21-35(4)5)24-12-14-29(15-13-24)38(6,36)37/h7-20,22H,21H2,1-6H3/b27-18+,33-22?. The monoisotopic (exact) mass is 525 g/mol. The zero-order valence-electron chi connectivity index (χ0n) is 22.9. The third-order valence-electron chi connectivity index (χ3n) is 6.58. The minimum Gasteiger partial charge on any atom is -0.305 e. The van der Waals surface area contributed by atoms with Crippen LogP contribution in [-0.2, 0) is 15.3 Å². The van der Waals surface area contributed by atoms with Crippen LogP contribution < -0.4 is 0 Å². The van der Waals surface area contributed by atoms with Crippen LogP contribution in [0.25, 0.3) is 33.7 Å². The first-order valence-electron chi connectivity index (χ1n) is 12.6. The molecule has 1 heterocycles. The Balaban J connectivity index is 1.83. The van der Waals surface area contributed by atoms with Crippen molar-refractivity contribution in [3.63, 3.8) is 0 Å². The van der Waals surface area contributed by atoms with E-state index in [1.807, 2.05) is 44.7 Å². The number of hydrogen-bond acceptors (Lipinski definition) is 5. The lowest BCUT2D eigenvalue weighted by Crippen LogP contribution is -2.19. The van der Waals surface area contributed by atoms with Gasteiger partial charge in [-0.25, -0.2) is 8.42 Å². The lowest BCUT2D eigenvalue weighted by molar-refractivity contribution is 0.463. The van der Waals surface area contributed by atoms with Gasteiger partial charge in [0.25, 0.3) is 0 Å². The fraction of sp³-hybridized carbons (Fsp3) is 0.250. The molecule has 4 rings (SSSR count). The van der Waals surface area contributed by atoms with Crippen LogP contribution in [0, 0.1) is 0 Å². The van der Waals surface area contributed by atoms with Crippen LogP contribution in [0.4, 0.5) is 0 Å². The molecule has 4 aromatic rings. The molecule has 0 saturated heterocycles. The molecule has 0 aliphatic carbocycles. The Labute approximate surface area is 226 Å². The van der Waals surface area contributed by atoms with Gasteiger partial charge in [0.15, 0.2) is 9.84 Å². The van der Waals surface area contributed by atoms with E-state index in [9.17, 15) is 8.42 Å². The maximum absolute atomic E-state index is 11.9. The molecule has 0 bridgehead atoms. The molecule has 38 heavy (non-hydrogen) atoms. The predicted molar refractivity (Wildman–Crippen MR) is 161 cm³/mol. The third kappa shape index (κ3) is 6.26. The van der Waals surface area contributed by atoms with Crippen molar-refractivity contribution >= 4 is 38.6 Å². The van der Waals surface area contributed by atoms with Gasteiger partial charge in [-0.05, 0) is 84.4 Å². The van der Waals surface area contributed by atoms with E-state index in [-0.39, 0.29) is 5.41 Å². The second-order valence-electron chi connectivity index (χ2n) is 10.5. The van der Waals surface area contributed by atoms with Crippen molar-refractivity contribution < 1.29 is 8.42 Å². The van der Waals surface area contributed by atoms with E-state index in [0.717, 1.165) is 38.7 Å². The van der Waals surface area contributed by atoms with Crippen molar-refractivity contribution in [2.24, 2.45) is 4.99 Å². The fourth-order valence-corrected chi connectivity index (χ4v) is 5.29. The number of nitrogens with zero attached hydrogens (tertiary/aromatic N) is 3. The van der Waals surface area contributed by atoms with Crippen LogP contribution in [-0.4, -0.2) is 58.5 Å². The number of hydrogen-bond donors (Lipinski definition) is 0. The third-order valence-corrected chi connectivity index (χ3v) is 7.71. The molecule has 0 unspecified atom stereocenters. The molecule has 0 N–H and O–H groups in total. The summed E-state index contributed by atoms with van der Waals surface area (Å²) in [4.78, 5) is 11.5. The molecular formula is C32H35N3O2S. The second kappa shape index (κ2) is 11.0. The van der Waals surface area contributed by atoms with Gasteiger partial charge in [0.05, 0.1) is 10.4 Å². The Morgan fingerprint density at radius 2 is 1.74 bits per heavy atom. The van der Waals surface area contributed by atoms with Gasteiger partial charge in [-0.2, -0.15) is 0 Å². The minimum atomic E-state index is -3.24. The SMILES string of the molecule is CN=CC(C)(C)c1cc(-c2cccc(/C=C(\CN(C)C)c3ccc(S(C)(=O)=O)cc3)c2)c2ncccc2c1. The highest BCUT2D eigenvalue weighted by Gasteiger charge is 2.20. The van der Waals surface area contributed by atoms with Crippen LogP contribution in [0.3, 0.4) is 0 Å². The normalized spacial score (nSPS) is 13.1. The van der Waals surface area contributed by atoms with E-state index in [4.69, 9.17) is 4.98 Å². The molecular weight excluding hydrogens is 490 g/mol. The first-order chi connectivity index (χ1) is 18.0. The summed E-state index contributed by atoms with van der Waals surface area (Å²) in [5, 5.41) is 1.10. The maximum atomic E-state index is 11.9. The highest BCUT2D eigenvalue weighted by Crippen LogP contribution is 2.34. The molecule has 0 atom stereocenters. The van der Waals surface area contributed by atoms with Gasteiger partial charge in [-0.1, -0.05) is 50.2 Å². The lowest BCUT2D eigenvalue weighted by Gasteiger charge is -2.22. The van der Waals surface area contributed by atoms with Crippen LogP contribution >= 0.6 is 0 Å². The van der Waals surface area contributed by atoms with Crippen molar-refractivity contribution in [3.8, 4) is 11.1 Å². The average molecular weight is 526 g/mol. The van der Waals surface area contributed by atoms with E-state index >= 15 is 0 Å². The number of rotatable bonds is 8. The van der Waals surface area contributed by atoms with Gasteiger partial charge in [0, 0.05) is 48.6 Å². The summed E-state index contributed by atoms with van der Waals surface area (Å²) < 4.78 is 23.9. The van der Waals surface area contributed by atoms with E-state index in [0.29, 0.717) is 11.4 Å². The molecule has 0 radical (unpaired) electrons. The van der Waals surface area contributed by atoms with Gasteiger partial charge in [-0.3, -0.25) is 9.98 Å². The number of sulfone groups is 1. The maximum Gasteiger partial charge on any atom is 0.175 e. The van der Waals surface area contributed by atoms with Crippen LogP contribution in [0.5, 0.6) is 0 Å². The lowest BCUT2D eigenvalue weighted by atomic mass is 9.83. The number of aliphatic imine (C=N–C) groups is 1. The van der Waals surface area contributed by atoms with Crippen molar-refractivity contribution in [1.29, 1.82) is 0 Å². The zero-order valence-corrected chi connectivity index (χ0v) is 23.8. The first kappa shape index (κ1) is 27.4. The summed E-state index contributed by atoms with van der Waals surface area (Å²) in [6, 6.07) is 24.1. The van der Waals surface area contributed by atoms with Crippen molar-refractivity contribution in [2.45, 2.75) is 24.2 Å². The Morgan fingerprint density at radius 3 is 2.39 bits per heavy atom. The molecule has 3 aromatic carbocycles. The molecule has 1 aromatic heterocycles. The quantitative estimate of drug-likeness (QED) is 0.198. The highest BCUT2D eigenvalue weighted by molar-refractivity contribution is 7.90. The summed E-state index contributed by atoms with van der Waals surface area (Å²) >= 11 is 0. The number of aromatic nitrogens is 1. The van der Waals surface area contributed by atoms with E-state index in [1.54, 1.807) is 19.2 Å². The van der Waals surface area contributed by atoms with Crippen molar-refractivity contribution in [1.82, 2.24) is 9.88 Å². The minimum absolute atomic E-state index is 0.220. The van der Waals surface area contributed by atoms with E-state index < -0.39 is 9.84 Å². The fourth-order valence-electron chi connectivity index (χ4n) is 4.66. The van der Waals surface area contributed by atoms with Crippen LogP contribution in [0.2, 0.25) is 0 Å². The molecule has 0 amide bonds. The van der Waals surface area contributed by atoms with Gasteiger partial charge >= 0.3 is 0 Å². The molecule has 0 saturated carbocycles. The number of fused-ring (bicyclic) bond motifs is 1. The molecule has 0 aliphatic heterocycles. The molecule has 6 heteroatoms. The number of pyridine rings is 1. The van der Waals surface area contributed by atoms with Gasteiger partial charge < -0.3 is 4.90 Å². The number of likely N-dealkylation sites (N-methyl/N-ethyl adjacent to an activating group) is 1. The largest absolute Gasteiger partial charge is 0.305 e. The second-order valence-corrected chi connectivity index (χ2v) is 12.6. The smallest absolute Gasteiger partial charge is 0.175 e. The number of benzene rings is 3. The Hall–Kier alpha value is -3.61. The Kier molecular flexibility index (Phi) is 7.95. The Morgan fingerprint density at radius 1 is 1.00 bits per heavy atom. The summed E-state index contributed by atoms with van der Waals surface area (Å²) in [5.74, 6) is 0. The molecule has 0 aliphatic rings. The highest BCUT2D eigenvalue weighted by atomic mass is 32.2. The first-order valence-corrected chi connectivity index (χ1v) is 14.5. The van der Waals surface area contributed by atoms with Crippen LogP contribution in [0.1, 0.15) is 30.5 Å². The summed E-state index contributed by atoms with van der Waals surface area (Å²) in [6.45, 7) is 5.05. The van der Waals surface area contributed by atoms with Gasteiger partial charge in [0.2, 0.25) is 0 Å². The summed E-state index contributed by atoms with van der Waals surface area (Å²) in [7, 11) is 2.62. The van der Waals surface area contributed by atoms with Crippen LogP contribution in [0.15, 0.2) is 88.9 Å². The topological polar surface area (TPSA) is 62.6 Å². The van der Waals surface area contributed by atoms with E-state index in [2.05, 4.69) is 72.3 Å². The van der Waals surface area contributed by atoms with Crippen molar-refractivity contribution in [3.05, 3.63) is 95.7 Å². The average Bonchev–Trinajstić information content (AvgIpc) is 2.87. The van der Waals surface area contributed by atoms with Crippen molar-refractivity contribution in [2.75, 3.05) is 33.9 Å². The predicted octanol–water partition coefficient (Wildman–Crippen LogP) is 6.39. The van der Waals surface area contributed by atoms with Gasteiger partial charge in [0.1, 0.15) is 0 Å². The zero-order chi connectivity index (χ0) is 27.5. The molecule has 0 fully saturated rings. The van der Waals surface area contributed by atoms with E-state index in [1.165, 1.54) is 11.8 Å². The molecule has 5 nitrogen and oxygen atoms in total. The summed E-state index contributed by atoms with van der Waals surface area (Å²) in [6.07, 6.45) is 7.22.